The lowest BCUT2D eigenvalue weighted by Crippen LogP contribution is -2.07. The molecule has 0 saturated heterocycles. The average Bonchev–Trinajstić information content (AvgIpc) is 1.55. The number of fused-ring (bicyclic) bond motifs is 6. The number of aromatic nitrogens is 14. The lowest BCUT2D eigenvalue weighted by atomic mass is 9.95. The van der Waals surface area contributed by atoms with E-state index in [0.29, 0.717) is 147 Å². The summed E-state index contributed by atoms with van der Waals surface area (Å²) in [6.07, 6.45) is -4.88. The average molecular weight is 1530 g/mol. The summed E-state index contributed by atoms with van der Waals surface area (Å²) in [4.78, 5) is 61.9. The fourth-order valence-corrected chi connectivity index (χ4v) is 15.2. The second-order valence-corrected chi connectivity index (χ2v) is 28.2. The Bertz CT molecular complexity index is 6810. The maximum atomic E-state index is 15.4. The maximum Gasteiger partial charge on any atom is 0.416 e. The van der Waals surface area contributed by atoms with Gasteiger partial charge in [0, 0.05) is 93.9 Å². The Balaban J connectivity index is 0.889. The first-order chi connectivity index (χ1) is 58.0. The topological polar surface area (TPSA) is 212 Å². The summed E-state index contributed by atoms with van der Waals surface area (Å²) in [6.45, 7) is 0. The van der Waals surface area contributed by atoms with Crippen molar-refractivity contribution in [3.8, 4) is 171 Å². The lowest BCUT2D eigenvalue weighted by Gasteiger charge is -2.20. The van der Waals surface area contributed by atoms with Gasteiger partial charge in [-0.05, 0) is 109 Å². The third-order valence-electron chi connectivity index (χ3n) is 20.8. The summed E-state index contributed by atoms with van der Waals surface area (Å²) in [5, 5.41) is 25.2. The molecule has 0 bridgehead atoms. The third-order valence-corrected chi connectivity index (χ3v) is 20.8. The van der Waals surface area contributed by atoms with Gasteiger partial charge in [0.1, 0.15) is 0 Å². The number of rotatable bonds is 15. The van der Waals surface area contributed by atoms with Crippen LogP contribution in [0.15, 0.2) is 346 Å². The zero-order chi connectivity index (χ0) is 79.4. The molecule has 0 aliphatic carbocycles. The predicted molar refractivity (Wildman–Crippen MR) is 454 cm³/mol. The Morgan fingerprint density at radius 3 is 0.669 bits per heavy atom. The Kier molecular flexibility index (Phi) is 17.7. The minimum Gasteiger partial charge on any atom is -0.307 e. The monoisotopic (exact) mass is 1530 g/mol. The molecular weight excluding hydrogens is 1470 g/mol. The highest BCUT2D eigenvalue weighted by atomic mass is 19.4. The van der Waals surface area contributed by atoms with Crippen LogP contribution >= 0.6 is 0 Å². The standard InChI is InChI=1S/C99H57F3N16/c100-99(101,102)75-50-60(58-103)49-73(51-75)76-57-86(118-83-47-43-71(97-113-91(65-33-17-5-18-34-65)107-92(114-97)66-35-19-6-20-36-66)54-79(83)80-55-72(44-48-84(80)118)98-115-93(67-37-21-7-22-38-67)108-94(116-98)68-39-23-8-24-40-68)85(56-74(76)59-104)117-81-45-41-69(95-109-87(61-25-9-1-10-26-61)105-88(110-95)62-27-11-2-12-28-62)52-77(81)78-53-70(42-46-82(78)117)96-111-89(63-29-13-3-14-30-63)106-90(112-96)64-31-15-4-16-32-64/h1-57H. The van der Waals surface area contributed by atoms with E-state index in [1.165, 1.54) is 6.07 Å². The summed E-state index contributed by atoms with van der Waals surface area (Å²) in [5.74, 6) is 5.16. The Labute approximate surface area is 672 Å². The molecule has 0 aliphatic heterocycles. The summed E-state index contributed by atoms with van der Waals surface area (Å²) >= 11 is 0. The fourth-order valence-electron chi connectivity index (χ4n) is 15.2. The van der Waals surface area contributed by atoms with Crippen LogP contribution in [0.1, 0.15) is 16.7 Å². The zero-order valence-electron chi connectivity index (χ0n) is 62.2. The van der Waals surface area contributed by atoms with Crippen LogP contribution in [0.2, 0.25) is 0 Å². The summed E-state index contributed by atoms with van der Waals surface area (Å²) in [6, 6.07) is 113. The van der Waals surface area contributed by atoms with Gasteiger partial charge in [-0.3, -0.25) is 0 Å². The quantitative estimate of drug-likeness (QED) is 0.0934. The van der Waals surface area contributed by atoms with Gasteiger partial charge in [-0.15, -0.1) is 0 Å². The molecule has 118 heavy (non-hydrogen) atoms. The molecule has 0 radical (unpaired) electrons. The molecule has 0 fully saturated rings. The van der Waals surface area contributed by atoms with Crippen LogP contribution in [0.5, 0.6) is 0 Å². The van der Waals surface area contributed by atoms with Crippen LogP contribution in [-0.2, 0) is 6.18 Å². The van der Waals surface area contributed by atoms with Crippen molar-refractivity contribution in [3.05, 3.63) is 362 Å². The van der Waals surface area contributed by atoms with Gasteiger partial charge in [0.05, 0.1) is 62.3 Å². The van der Waals surface area contributed by atoms with Crippen molar-refractivity contribution in [3.63, 3.8) is 0 Å². The van der Waals surface area contributed by atoms with Crippen molar-refractivity contribution < 1.29 is 13.2 Å². The number of alkyl halides is 3. The highest BCUT2D eigenvalue weighted by molar-refractivity contribution is 6.14. The van der Waals surface area contributed by atoms with E-state index in [1.54, 1.807) is 12.1 Å². The van der Waals surface area contributed by atoms with Gasteiger partial charge in [0.25, 0.3) is 0 Å². The summed E-state index contributed by atoms with van der Waals surface area (Å²) in [7, 11) is 0. The predicted octanol–water partition coefficient (Wildman–Crippen LogP) is 23.1. The second-order valence-electron chi connectivity index (χ2n) is 28.2. The van der Waals surface area contributed by atoms with Crippen LogP contribution in [-0.4, -0.2) is 68.9 Å². The van der Waals surface area contributed by atoms with Crippen molar-refractivity contribution in [2.75, 3.05) is 0 Å². The molecule has 0 spiro atoms. The van der Waals surface area contributed by atoms with Crippen LogP contribution in [0, 0.1) is 22.7 Å². The molecule has 19 heteroatoms. The van der Waals surface area contributed by atoms with E-state index >= 15 is 13.2 Å². The van der Waals surface area contributed by atoms with Crippen molar-refractivity contribution in [1.29, 1.82) is 10.5 Å². The second kappa shape index (κ2) is 29.5. The molecule has 0 N–H and O–H groups in total. The summed E-state index contributed by atoms with van der Waals surface area (Å²) in [5.41, 5.74) is 11.0. The molecule has 0 aliphatic rings. The molecule has 14 aromatic carbocycles. The number of hydrogen-bond donors (Lipinski definition) is 0. The van der Waals surface area contributed by atoms with Gasteiger partial charge in [0.2, 0.25) is 0 Å². The van der Waals surface area contributed by atoms with Crippen molar-refractivity contribution >= 4 is 43.6 Å². The number of hydrogen-bond acceptors (Lipinski definition) is 14. The van der Waals surface area contributed by atoms with Gasteiger partial charge in [-0.2, -0.15) is 23.7 Å². The number of nitrogens with zero attached hydrogens (tertiary/aromatic N) is 16. The molecule has 20 aromatic rings. The molecular formula is C99H57F3N16. The lowest BCUT2D eigenvalue weighted by molar-refractivity contribution is -0.137. The molecule has 20 rings (SSSR count). The van der Waals surface area contributed by atoms with Crippen LogP contribution < -0.4 is 0 Å². The SMILES string of the molecule is N#Cc1cc(-c2cc(-n3c4ccc(-c5nc(-c6ccccc6)nc(-c6ccccc6)n5)cc4c4cc(-c5nc(-c6ccccc6)nc(-c6ccccc6)n5)ccc43)c(-n3c4ccc(-c5nc(-c6ccccc6)nc(-c6ccccc6)n5)cc4c4cc(-c5nc(-c6ccccc6)nc(-c6ccccc6)n5)ccc43)cc2C#N)cc(C(F)(F)F)c1. The third kappa shape index (κ3) is 13.3. The minimum atomic E-state index is -4.88. The minimum absolute atomic E-state index is 0.00577. The molecule has 6 aromatic heterocycles. The Morgan fingerprint density at radius 2 is 0.449 bits per heavy atom. The van der Waals surface area contributed by atoms with Crippen LogP contribution in [0.4, 0.5) is 13.2 Å². The van der Waals surface area contributed by atoms with E-state index < -0.39 is 11.7 Å². The molecule has 16 nitrogen and oxygen atoms in total. The normalized spacial score (nSPS) is 11.5. The smallest absolute Gasteiger partial charge is 0.307 e. The van der Waals surface area contributed by atoms with E-state index in [9.17, 15) is 10.5 Å². The molecule has 0 saturated carbocycles. The van der Waals surface area contributed by atoms with Crippen LogP contribution in [0.3, 0.4) is 0 Å². The van der Waals surface area contributed by atoms with Gasteiger partial charge >= 0.3 is 6.18 Å². The van der Waals surface area contributed by atoms with E-state index in [4.69, 9.17) is 59.8 Å². The molecule has 0 amide bonds. The zero-order valence-corrected chi connectivity index (χ0v) is 62.2. The Morgan fingerprint density at radius 1 is 0.220 bits per heavy atom. The highest BCUT2D eigenvalue weighted by Gasteiger charge is 2.33. The molecule has 0 atom stereocenters. The van der Waals surface area contributed by atoms with Gasteiger partial charge in [0.15, 0.2) is 69.9 Å². The molecule has 6 heterocycles. The highest BCUT2D eigenvalue weighted by Crippen LogP contribution is 2.46. The number of nitriles is 2. The van der Waals surface area contributed by atoms with E-state index in [-0.39, 0.29) is 22.3 Å². The molecule has 554 valence electrons. The van der Waals surface area contributed by atoms with Crippen LogP contribution in [0.25, 0.3) is 203 Å². The van der Waals surface area contributed by atoms with Gasteiger partial charge < -0.3 is 9.13 Å². The fraction of sp³-hybridized carbons (Fsp3) is 0.0101. The van der Waals surface area contributed by atoms with Crippen molar-refractivity contribution in [1.82, 2.24) is 68.9 Å². The first kappa shape index (κ1) is 70.6. The van der Waals surface area contributed by atoms with E-state index in [0.717, 1.165) is 56.6 Å². The van der Waals surface area contributed by atoms with E-state index in [2.05, 4.69) is 15.2 Å². The summed E-state index contributed by atoms with van der Waals surface area (Å²) < 4.78 is 50.2. The molecule has 0 unspecified atom stereocenters. The number of benzene rings is 14. The largest absolute Gasteiger partial charge is 0.416 e. The first-order valence-corrected chi connectivity index (χ1v) is 37.8. The maximum absolute atomic E-state index is 15.4. The number of halogens is 3. The van der Waals surface area contributed by atoms with Gasteiger partial charge in [-0.25, -0.2) is 59.8 Å². The first-order valence-electron chi connectivity index (χ1n) is 37.8. The van der Waals surface area contributed by atoms with Crippen molar-refractivity contribution in [2.45, 2.75) is 6.18 Å². The van der Waals surface area contributed by atoms with Gasteiger partial charge in [-0.1, -0.05) is 243 Å². The van der Waals surface area contributed by atoms with E-state index in [1.807, 2.05) is 322 Å². The van der Waals surface area contributed by atoms with Crippen molar-refractivity contribution in [2.24, 2.45) is 0 Å². The Hall–Kier alpha value is -16.5.